The lowest BCUT2D eigenvalue weighted by Crippen LogP contribution is -2.02. The second-order valence-corrected chi connectivity index (χ2v) is 4.18. The van der Waals surface area contributed by atoms with E-state index in [4.69, 9.17) is 4.42 Å². The third kappa shape index (κ3) is 2.02. The summed E-state index contributed by atoms with van der Waals surface area (Å²) in [6.07, 6.45) is 1.50. The number of ketones is 1. The van der Waals surface area contributed by atoms with E-state index in [0.29, 0.717) is 11.3 Å². The lowest BCUT2D eigenvalue weighted by Gasteiger charge is -2.03. The normalized spacial score (nSPS) is 10.3. The van der Waals surface area contributed by atoms with Crippen LogP contribution in [-0.2, 0) is 0 Å². The second-order valence-electron chi connectivity index (χ2n) is 3.27. The minimum Gasteiger partial charge on any atom is -0.461 e. The molecule has 3 heteroatoms. The number of rotatable bonds is 2. The van der Waals surface area contributed by atoms with Gasteiger partial charge in [-0.2, -0.15) is 0 Å². The topological polar surface area (TPSA) is 30.2 Å². The van der Waals surface area contributed by atoms with Gasteiger partial charge in [0.25, 0.3) is 0 Å². The van der Waals surface area contributed by atoms with Crippen LogP contribution >= 0.6 is 15.9 Å². The molecular weight excluding hydrogens is 256 g/mol. The van der Waals surface area contributed by atoms with Crippen molar-refractivity contribution >= 4 is 21.7 Å². The fourth-order valence-electron chi connectivity index (χ4n) is 1.38. The first-order valence-electron chi connectivity index (χ1n) is 4.53. The summed E-state index contributed by atoms with van der Waals surface area (Å²) in [5.74, 6) is 0.287. The van der Waals surface area contributed by atoms with Crippen molar-refractivity contribution < 1.29 is 9.21 Å². The zero-order valence-corrected chi connectivity index (χ0v) is 9.74. The maximum atomic E-state index is 12.0. The van der Waals surface area contributed by atoms with E-state index in [1.165, 1.54) is 6.26 Å². The van der Waals surface area contributed by atoms with Gasteiger partial charge < -0.3 is 4.42 Å². The Hall–Kier alpha value is -1.35. The smallest absolute Gasteiger partial charge is 0.228 e. The van der Waals surface area contributed by atoms with Gasteiger partial charge in [-0.05, 0) is 36.8 Å². The number of carbonyl (C=O) groups is 1. The molecule has 0 aliphatic carbocycles. The first-order valence-corrected chi connectivity index (χ1v) is 5.32. The van der Waals surface area contributed by atoms with Gasteiger partial charge >= 0.3 is 0 Å². The van der Waals surface area contributed by atoms with E-state index in [-0.39, 0.29) is 5.78 Å². The van der Waals surface area contributed by atoms with E-state index in [0.717, 1.165) is 10.0 Å². The Morgan fingerprint density at radius 1 is 1.33 bits per heavy atom. The summed E-state index contributed by atoms with van der Waals surface area (Å²) >= 11 is 3.35. The highest BCUT2D eigenvalue weighted by Crippen LogP contribution is 2.19. The minimum absolute atomic E-state index is 0.0844. The van der Waals surface area contributed by atoms with Crippen molar-refractivity contribution in [3.05, 3.63) is 58.0 Å². The van der Waals surface area contributed by atoms with Crippen LogP contribution in [0.5, 0.6) is 0 Å². The van der Waals surface area contributed by atoms with E-state index < -0.39 is 0 Å². The molecule has 0 unspecified atom stereocenters. The highest BCUT2D eigenvalue weighted by atomic mass is 79.9. The van der Waals surface area contributed by atoms with Gasteiger partial charge in [-0.1, -0.05) is 22.0 Å². The molecule has 0 aliphatic rings. The van der Waals surface area contributed by atoms with E-state index in [1.807, 2.05) is 19.1 Å². The molecule has 0 radical (unpaired) electrons. The van der Waals surface area contributed by atoms with Gasteiger partial charge in [0.15, 0.2) is 5.76 Å². The van der Waals surface area contributed by atoms with Crippen LogP contribution < -0.4 is 0 Å². The van der Waals surface area contributed by atoms with Crippen molar-refractivity contribution in [2.45, 2.75) is 6.92 Å². The summed E-state index contributed by atoms with van der Waals surface area (Å²) in [7, 11) is 0. The summed E-state index contributed by atoms with van der Waals surface area (Å²) in [6.45, 7) is 1.91. The fourth-order valence-corrected chi connectivity index (χ4v) is 1.74. The molecule has 1 aromatic carbocycles. The number of hydrogen-bond acceptors (Lipinski definition) is 2. The van der Waals surface area contributed by atoms with Crippen molar-refractivity contribution in [3.8, 4) is 0 Å². The molecule has 0 fully saturated rings. The van der Waals surface area contributed by atoms with Crippen LogP contribution in [0.1, 0.15) is 21.7 Å². The molecule has 0 aliphatic heterocycles. The molecule has 0 amide bonds. The third-order valence-corrected chi connectivity index (χ3v) is 2.68. The number of hydrogen-bond donors (Lipinski definition) is 0. The molecule has 0 saturated carbocycles. The molecule has 15 heavy (non-hydrogen) atoms. The summed E-state index contributed by atoms with van der Waals surface area (Å²) < 4.78 is 5.97. The van der Waals surface area contributed by atoms with Crippen LogP contribution in [0.2, 0.25) is 0 Å². The molecule has 0 spiro atoms. The van der Waals surface area contributed by atoms with Crippen LogP contribution in [0.4, 0.5) is 0 Å². The molecule has 1 aromatic heterocycles. The van der Waals surface area contributed by atoms with E-state index in [9.17, 15) is 4.79 Å². The van der Waals surface area contributed by atoms with Gasteiger partial charge in [0, 0.05) is 10.0 Å². The van der Waals surface area contributed by atoms with Crippen molar-refractivity contribution in [1.29, 1.82) is 0 Å². The monoisotopic (exact) mass is 264 g/mol. The zero-order valence-electron chi connectivity index (χ0n) is 8.16. The number of carbonyl (C=O) groups excluding carboxylic acids is 1. The largest absolute Gasteiger partial charge is 0.461 e. The Kier molecular flexibility index (Phi) is 2.73. The molecule has 0 atom stereocenters. The number of furan rings is 1. The Labute approximate surface area is 96.0 Å². The molecule has 1 heterocycles. The standard InChI is InChI=1S/C12H9BrO2/c1-8-4-5-9(13)7-10(8)12(14)11-3-2-6-15-11/h2-7H,1H3. The molecule has 0 saturated heterocycles. The fraction of sp³-hybridized carbons (Fsp3) is 0.0833. The highest BCUT2D eigenvalue weighted by molar-refractivity contribution is 9.10. The van der Waals surface area contributed by atoms with Crippen LogP contribution in [0.25, 0.3) is 0 Å². The summed E-state index contributed by atoms with van der Waals surface area (Å²) in [5.41, 5.74) is 1.61. The summed E-state index contributed by atoms with van der Waals surface area (Å²) in [6, 6.07) is 9.00. The van der Waals surface area contributed by atoms with Crippen molar-refractivity contribution in [2.75, 3.05) is 0 Å². The first-order chi connectivity index (χ1) is 7.18. The molecule has 2 aromatic rings. The third-order valence-electron chi connectivity index (χ3n) is 2.19. The lowest BCUT2D eigenvalue weighted by molar-refractivity contribution is 0.101. The van der Waals surface area contributed by atoms with Crippen LogP contribution in [-0.4, -0.2) is 5.78 Å². The van der Waals surface area contributed by atoms with Crippen molar-refractivity contribution in [1.82, 2.24) is 0 Å². The van der Waals surface area contributed by atoms with Gasteiger partial charge in [0.1, 0.15) is 0 Å². The molecular formula is C12H9BrO2. The van der Waals surface area contributed by atoms with E-state index in [1.54, 1.807) is 18.2 Å². The quantitative estimate of drug-likeness (QED) is 0.777. The number of aryl methyl sites for hydroxylation is 1. The minimum atomic E-state index is -0.0844. The Morgan fingerprint density at radius 3 is 2.80 bits per heavy atom. The molecule has 2 nitrogen and oxygen atoms in total. The average molecular weight is 265 g/mol. The van der Waals surface area contributed by atoms with Crippen LogP contribution in [0.3, 0.4) is 0 Å². The lowest BCUT2D eigenvalue weighted by atomic mass is 10.0. The van der Waals surface area contributed by atoms with Gasteiger partial charge in [0.05, 0.1) is 6.26 Å². The number of benzene rings is 1. The molecule has 0 N–H and O–H groups in total. The second kappa shape index (κ2) is 4.03. The van der Waals surface area contributed by atoms with Crippen LogP contribution in [0, 0.1) is 6.92 Å². The Morgan fingerprint density at radius 2 is 2.13 bits per heavy atom. The Bertz CT molecular complexity index is 486. The van der Waals surface area contributed by atoms with Crippen molar-refractivity contribution in [2.24, 2.45) is 0 Å². The van der Waals surface area contributed by atoms with Crippen molar-refractivity contribution in [3.63, 3.8) is 0 Å². The maximum Gasteiger partial charge on any atom is 0.228 e. The maximum absolute atomic E-state index is 12.0. The zero-order chi connectivity index (χ0) is 10.8. The van der Waals surface area contributed by atoms with E-state index >= 15 is 0 Å². The van der Waals surface area contributed by atoms with Gasteiger partial charge in [0.2, 0.25) is 5.78 Å². The van der Waals surface area contributed by atoms with Gasteiger partial charge in [-0.3, -0.25) is 4.79 Å². The predicted octanol–water partition coefficient (Wildman–Crippen LogP) is 3.58. The van der Waals surface area contributed by atoms with E-state index in [2.05, 4.69) is 15.9 Å². The van der Waals surface area contributed by atoms with Gasteiger partial charge in [-0.25, -0.2) is 0 Å². The molecule has 0 bridgehead atoms. The van der Waals surface area contributed by atoms with Crippen LogP contribution in [0.15, 0.2) is 45.5 Å². The average Bonchev–Trinajstić information content (AvgIpc) is 2.74. The summed E-state index contributed by atoms with van der Waals surface area (Å²) in [4.78, 5) is 12.0. The molecule has 76 valence electrons. The highest BCUT2D eigenvalue weighted by Gasteiger charge is 2.14. The predicted molar refractivity (Wildman–Crippen MR) is 61.0 cm³/mol. The number of halogens is 1. The SMILES string of the molecule is Cc1ccc(Br)cc1C(=O)c1ccco1. The van der Waals surface area contributed by atoms with Gasteiger partial charge in [-0.15, -0.1) is 0 Å². The Balaban J connectivity index is 2.46. The summed E-state index contributed by atoms with van der Waals surface area (Å²) in [5, 5.41) is 0. The molecule has 2 rings (SSSR count). The first kappa shape index (κ1) is 10.2.